The van der Waals surface area contributed by atoms with Crippen molar-refractivity contribution in [2.45, 2.75) is 6.92 Å². The Bertz CT molecular complexity index is 607. The van der Waals surface area contributed by atoms with Crippen LogP contribution in [0.2, 0.25) is 0 Å². The van der Waals surface area contributed by atoms with Crippen LogP contribution < -0.4 is 0 Å². The van der Waals surface area contributed by atoms with Crippen LogP contribution in [0.1, 0.15) is 27.6 Å². The molecule has 0 aliphatic carbocycles. The maximum atomic E-state index is 11.1. The van der Waals surface area contributed by atoms with E-state index < -0.39 is 0 Å². The highest BCUT2D eigenvalue weighted by Crippen LogP contribution is 2.08. The summed E-state index contributed by atoms with van der Waals surface area (Å²) >= 11 is 7.54. The third-order valence-electron chi connectivity index (χ3n) is 2.54. The minimum absolute atomic E-state index is 0.122. The molecule has 0 atom stereocenters. The van der Waals surface area contributed by atoms with Crippen molar-refractivity contribution in [3.63, 3.8) is 0 Å². The summed E-state index contributed by atoms with van der Waals surface area (Å²) in [5.41, 5.74) is 1.54. The van der Waals surface area contributed by atoms with E-state index in [1.165, 1.54) is 0 Å². The Morgan fingerprint density at radius 3 is 1.57 bits per heavy atom. The first kappa shape index (κ1) is 18.8. The number of alkyl halides is 1. The topological polar surface area (TPSA) is 34.1 Å². The quantitative estimate of drug-likeness (QED) is 0.283. The van der Waals surface area contributed by atoms with Crippen LogP contribution in [-0.4, -0.2) is 16.9 Å². The SMILES string of the molecule is CC(=O)c1ccc(I)cc1.O=C(CBr)c1ccc(I)cc1. The van der Waals surface area contributed by atoms with Crippen molar-refractivity contribution in [2.75, 3.05) is 5.33 Å². The number of carbonyl (C=O) groups is 2. The molecule has 0 N–H and O–H groups in total. The lowest BCUT2D eigenvalue weighted by Crippen LogP contribution is -1.98. The Morgan fingerprint density at radius 1 is 0.857 bits per heavy atom. The van der Waals surface area contributed by atoms with Gasteiger partial charge >= 0.3 is 0 Å². The molecule has 2 aromatic carbocycles. The molecule has 110 valence electrons. The van der Waals surface area contributed by atoms with Crippen LogP contribution in [0.25, 0.3) is 0 Å². The zero-order valence-electron chi connectivity index (χ0n) is 11.3. The number of rotatable bonds is 3. The van der Waals surface area contributed by atoms with E-state index in [1.807, 2.05) is 48.5 Å². The molecule has 5 heteroatoms. The van der Waals surface area contributed by atoms with E-state index in [0.29, 0.717) is 5.33 Å². The van der Waals surface area contributed by atoms with E-state index in [0.717, 1.165) is 18.3 Å². The number of hydrogen-bond acceptors (Lipinski definition) is 2. The van der Waals surface area contributed by atoms with E-state index in [2.05, 4.69) is 61.1 Å². The highest BCUT2D eigenvalue weighted by atomic mass is 127. The molecule has 0 fully saturated rings. The molecular weight excluding hydrogens is 558 g/mol. The molecule has 2 nitrogen and oxygen atoms in total. The van der Waals surface area contributed by atoms with Crippen molar-refractivity contribution in [3.8, 4) is 0 Å². The molecule has 0 aromatic heterocycles. The van der Waals surface area contributed by atoms with Crippen LogP contribution >= 0.6 is 61.1 Å². The van der Waals surface area contributed by atoms with Gasteiger partial charge in [0.2, 0.25) is 0 Å². The van der Waals surface area contributed by atoms with Gasteiger partial charge in [0, 0.05) is 18.3 Å². The largest absolute Gasteiger partial charge is 0.295 e. The highest BCUT2D eigenvalue weighted by molar-refractivity contribution is 14.1. The van der Waals surface area contributed by atoms with Gasteiger partial charge in [-0.25, -0.2) is 0 Å². The first-order valence-corrected chi connectivity index (χ1v) is 9.33. The van der Waals surface area contributed by atoms with Gasteiger partial charge in [-0.2, -0.15) is 0 Å². The van der Waals surface area contributed by atoms with E-state index >= 15 is 0 Å². The maximum Gasteiger partial charge on any atom is 0.173 e. The van der Waals surface area contributed by atoms with Gasteiger partial charge in [-0.1, -0.05) is 40.2 Å². The molecular formula is C16H13BrI2O2. The maximum absolute atomic E-state index is 11.1. The average Bonchev–Trinajstić information content (AvgIpc) is 2.48. The van der Waals surface area contributed by atoms with E-state index in [-0.39, 0.29) is 11.6 Å². The number of halogens is 3. The Morgan fingerprint density at radius 2 is 1.24 bits per heavy atom. The van der Waals surface area contributed by atoms with Gasteiger partial charge in [0.1, 0.15) is 0 Å². The fourth-order valence-corrected chi connectivity index (χ4v) is 2.44. The first-order chi connectivity index (χ1) is 9.93. The molecule has 0 radical (unpaired) electrons. The number of carbonyl (C=O) groups excluding carboxylic acids is 2. The minimum Gasteiger partial charge on any atom is -0.295 e. The van der Waals surface area contributed by atoms with Gasteiger partial charge in [0.25, 0.3) is 0 Å². The van der Waals surface area contributed by atoms with Crippen molar-refractivity contribution in [3.05, 3.63) is 66.8 Å². The molecule has 0 aliphatic heterocycles. The van der Waals surface area contributed by atoms with Gasteiger partial charge in [-0.15, -0.1) is 0 Å². The summed E-state index contributed by atoms with van der Waals surface area (Å²) in [7, 11) is 0. The lowest BCUT2D eigenvalue weighted by atomic mass is 10.2. The van der Waals surface area contributed by atoms with Crippen molar-refractivity contribution >= 4 is 72.7 Å². The van der Waals surface area contributed by atoms with Gasteiger partial charge < -0.3 is 0 Å². The average molecular weight is 571 g/mol. The first-order valence-electron chi connectivity index (χ1n) is 6.05. The van der Waals surface area contributed by atoms with Crippen LogP contribution in [0.3, 0.4) is 0 Å². The number of Topliss-reactive ketones (excluding diaryl/α,β-unsaturated/α-hetero) is 2. The van der Waals surface area contributed by atoms with Gasteiger partial charge in [0.05, 0.1) is 5.33 Å². The van der Waals surface area contributed by atoms with Crippen LogP contribution in [0.5, 0.6) is 0 Å². The summed E-state index contributed by atoms with van der Waals surface area (Å²) in [6.45, 7) is 1.57. The molecule has 0 heterocycles. The van der Waals surface area contributed by atoms with Gasteiger partial charge in [-0.3, -0.25) is 9.59 Å². The van der Waals surface area contributed by atoms with Crippen molar-refractivity contribution in [1.82, 2.24) is 0 Å². The summed E-state index contributed by atoms with van der Waals surface area (Å²) in [6.07, 6.45) is 0. The fraction of sp³-hybridized carbons (Fsp3) is 0.125. The van der Waals surface area contributed by atoms with Gasteiger partial charge in [-0.05, 0) is 76.4 Å². The predicted molar refractivity (Wildman–Crippen MR) is 106 cm³/mol. The molecule has 0 aliphatic rings. The molecule has 2 aromatic rings. The summed E-state index contributed by atoms with van der Waals surface area (Å²) in [6, 6.07) is 15.1. The summed E-state index contributed by atoms with van der Waals surface area (Å²) < 4.78 is 2.30. The zero-order chi connectivity index (χ0) is 15.8. The molecule has 0 spiro atoms. The molecule has 0 saturated carbocycles. The highest BCUT2D eigenvalue weighted by Gasteiger charge is 2.01. The number of hydrogen-bond donors (Lipinski definition) is 0. The molecule has 0 amide bonds. The third kappa shape index (κ3) is 7.01. The number of benzene rings is 2. The normalized spacial score (nSPS) is 9.52. The monoisotopic (exact) mass is 570 g/mol. The Hall–Kier alpha value is -0.280. The molecule has 0 unspecified atom stereocenters. The van der Waals surface area contributed by atoms with Gasteiger partial charge in [0.15, 0.2) is 11.6 Å². The van der Waals surface area contributed by atoms with E-state index in [4.69, 9.17) is 0 Å². The summed E-state index contributed by atoms with van der Waals surface area (Å²) in [5, 5.41) is 0.396. The van der Waals surface area contributed by atoms with Crippen LogP contribution in [0, 0.1) is 7.14 Å². The fourth-order valence-electron chi connectivity index (χ4n) is 1.40. The second kappa shape index (κ2) is 9.68. The van der Waals surface area contributed by atoms with Crippen molar-refractivity contribution in [2.24, 2.45) is 0 Å². The second-order valence-corrected chi connectivity index (χ2v) is 7.18. The molecule has 0 saturated heterocycles. The Labute approximate surface area is 160 Å². The summed E-state index contributed by atoms with van der Waals surface area (Å²) in [5.74, 6) is 0.248. The zero-order valence-corrected chi connectivity index (χ0v) is 17.2. The standard InChI is InChI=1S/C8H6BrIO.C8H7IO/c9-5-8(11)6-1-3-7(10)4-2-6;1-6(10)7-2-4-8(9)5-3-7/h1-4H,5H2;2-5H,1H3. The van der Waals surface area contributed by atoms with E-state index in [1.54, 1.807) is 6.92 Å². The number of ketones is 2. The molecule has 21 heavy (non-hydrogen) atoms. The van der Waals surface area contributed by atoms with Crippen molar-refractivity contribution < 1.29 is 9.59 Å². The second-order valence-electron chi connectivity index (χ2n) is 4.13. The predicted octanol–water partition coefficient (Wildman–Crippen LogP) is 5.36. The van der Waals surface area contributed by atoms with E-state index in [9.17, 15) is 9.59 Å². The third-order valence-corrected chi connectivity index (χ3v) is 4.49. The van der Waals surface area contributed by atoms with Crippen molar-refractivity contribution in [1.29, 1.82) is 0 Å². The molecule has 0 bridgehead atoms. The summed E-state index contributed by atoms with van der Waals surface area (Å²) in [4.78, 5) is 21.8. The van der Waals surface area contributed by atoms with Crippen LogP contribution in [-0.2, 0) is 0 Å². The minimum atomic E-state index is 0.122. The smallest absolute Gasteiger partial charge is 0.173 e. The van der Waals surface area contributed by atoms with Crippen LogP contribution in [0.4, 0.5) is 0 Å². The Kier molecular flexibility index (Phi) is 8.65. The lowest BCUT2D eigenvalue weighted by Gasteiger charge is -1.95. The Balaban J connectivity index is 0.000000211. The van der Waals surface area contributed by atoms with Crippen LogP contribution in [0.15, 0.2) is 48.5 Å². The lowest BCUT2D eigenvalue weighted by molar-refractivity contribution is 0.101. The molecule has 2 rings (SSSR count).